The maximum atomic E-state index is 5.65. The Balaban J connectivity index is 3.88. The van der Waals surface area contributed by atoms with Crippen LogP contribution in [0, 0.1) is 0 Å². The molecular formula is C12H28N2O2. The first-order valence-corrected chi connectivity index (χ1v) is 6.20. The Morgan fingerprint density at radius 1 is 1.25 bits per heavy atom. The molecule has 0 saturated heterocycles. The minimum atomic E-state index is 0.189. The average molecular weight is 232 g/mol. The van der Waals surface area contributed by atoms with Crippen molar-refractivity contribution in [2.75, 3.05) is 40.0 Å². The van der Waals surface area contributed by atoms with Crippen molar-refractivity contribution in [3.05, 3.63) is 0 Å². The van der Waals surface area contributed by atoms with Crippen molar-refractivity contribution >= 4 is 0 Å². The van der Waals surface area contributed by atoms with Crippen LogP contribution in [0.5, 0.6) is 0 Å². The lowest BCUT2D eigenvalue weighted by Gasteiger charge is -2.27. The van der Waals surface area contributed by atoms with Crippen LogP contribution in [0.2, 0.25) is 0 Å². The van der Waals surface area contributed by atoms with E-state index in [-0.39, 0.29) is 6.10 Å². The minimum absolute atomic E-state index is 0.189. The van der Waals surface area contributed by atoms with E-state index < -0.39 is 0 Å². The number of ether oxygens (including phenoxy) is 2. The van der Waals surface area contributed by atoms with Crippen LogP contribution in [0.3, 0.4) is 0 Å². The second kappa shape index (κ2) is 10.0. The highest BCUT2D eigenvalue weighted by Gasteiger charge is 2.12. The molecule has 1 unspecified atom stereocenters. The molecular weight excluding hydrogens is 204 g/mol. The molecule has 4 heteroatoms. The fourth-order valence-electron chi connectivity index (χ4n) is 1.65. The molecule has 0 aromatic heterocycles. The van der Waals surface area contributed by atoms with Gasteiger partial charge < -0.3 is 15.2 Å². The van der Waals surface area contributed by atoms with E-state index in [1.165, 1.54) is 0 Å². The van der Waals surface area contributed by atoms with Crippen molar-refractivity contribution in [3.8, 4) is 0 Å². The summed E-state index contributed by atoms with van der Waals surface area (Å²) >= 11 is 0. The van der Waals surface area contributed by atoms with Gasteiger partial charge in [-0.15, -0.1) is 0 Å². The second-order valence-corrected chi connectivity index (χ2v) is 4.22. The SMILES string of the molecule is CCOC(CN)CCN(CCOC)C(C)C. The number of nitrogens with zero attached hydrogens (tertiary/aromatic N) is 1. The van der Waals surface area contributed by atoms with Crippen LogP contribution < -0.4 is 5.73 Å². The lowest BCUT2D eigenvalue weighted by atomic mass is 10.2. The van der Waals surface area contributed by atoms with E-state index in [2.05, 4.69) is 18.7 Å². The first-order valence-electron chi connectivity index (χ1n) is 6.20. The largest absolute Gasteiger partial charge is 0.383 e. The van der Waals surface area contributed by atoms with Crippen LogP contribution in [0.1, 0.15) is 27.2 Å². The summed E-state index contributed by atoms with van der Waals surface area (Å²) in [6, 6.07) is 0.537. The van der Waals surface area contributed by atoms with Gasteiger partial charge in [0, 0.05) is 39.4 Å². The van der Waals surface area contributed by atoms with Gasteiger partial charge >= 0.3 is 0 Å². The van der Waals surface area contributed by atoms with Gasteiger partial charge in [0.25, 0.3) is 0 Å². The lowest BCUT2D eigenvalue weighted by Crippen LogP contribution is -2.37. The molecule has 1 atom stereocenters. The van der Waals surface area contributed by atoms with Gasteiger partial charge in [-0.1, -0.05) is 0 Å². The molecule has 0 amide bonds. The molecule has 4 nitrogen and oxygen atoms in total. The molecule has 0 aromatic rings. The van der Waals surface area contributed by atoms with Gasteiger partial charge in [-0.2, -0.15) is 0 Å². The number of rotatable bonds is 10. The molecule has 2 N–H and O–H groups in total. The van der Waals surface area contributed by atoms with E-state index in [0.29, 0.717) is 12.6 Å². The van der Waals surface area contributed by atoms with Crippen molar-refractivity contribution < 1.29 is 9.47 Å². The van der Waals surface area contributed by atoms with Gasteiger partial charge in [0.15, 0.2) is 0 Å². The van der Waals surface area contributed by atoms with Gasteiger partial charge in [-0.05, 0) is 27.2 Å². The molecule has 0 heterocycles. The van der Waals surface area contributed by atoms with Gasteiger partial charge in [0.2, 0.25) is 0 Å². The molecule has 0 saturated carbocycles. The summed E-state index contributed by atoms with van der Waals surface area (Å²) in [6.07, 6.45) is 1.18. The Morgan fingerprint density at radius 2 is 1.94 bits per heavy atom. The van der Waals surface area contributed by atoms with E-state index in [4.69, 9.17) is 15.2 Å². The smallest absolute Gasteiger partial charge is 0.0709 e. The average Bonchev–Trinajstić information content (AvgIpc) is 2.27. The Labute approximate surface area is 100 Å². The molecule has 0 fully saturated rings. The molecule has 0 rings (SSSR count). The Bertz CT molecular complexity index is 154. The van der Waals surface area contributed by atoms with E-state index in [0.717, 1.165) is 32.7 Å². The van der Waals surface area contributed by atoms with Crippen LogP contribution in [0.4, 0.5) is 0 Å². The zero-order valence-corrected chi connectivity index (χ0v) is 11.2. The predicted octanol–water partition coefficient (Wildman–Crippen LogP) is 1.10. The standard InChI is InChI=1S/C12H28N2O2/c1-5-16-12(10-13)6-7-14(11(2)3)8-9-15-4/h11-12H,5-10,13H2,1-4H3. The molecule has 0 aliphatic rings. The van der Waals surface area contributed by atoms with Crippen molar-refractivity contribution in [3.63, 3.8) is 0 Å². The van der Waals surface area contributed by atoms with Crippen LogP contribution in [0.15, 0.2) is 0 Å². The van der Waals surface area contributed by atoms with Crippen LogP contribution in [-0.2, 0) is 9.47 Å². The second-order valence-electron chi connectivity index (χ2n) is 4.22. The van der Waals surface area contributed by atoms with E-state index in [1.807, 2.05) is 6.92 Å². The van der Waals surface area contributed by atoms with Gasteiger partial charge in [-0.25, -0.2) is 0 Å². The summed E-state index contributed by atoms with van der Waals surface area (Å²) in [5.74, 6) is 0. The van der Waals surface area contributed by atoms with E-state index in [9.17, 15) is 0 Å². The molecule has 0 aliphatic heterocycles. The Kier molecular flexibility index (Phi) is 9.92. The number of methoxy groups -OCH3 is 1. The first-order chi connectivity index (χ1) is 7.65. The third-order valence-corrected chi connectivity index (χ3v) is 2.72. The van der Waals surface area contributed by atoms with Crippen LogP contribution >= 0.6 is 0 Å². The van der Waals surface area contributed by atoms with E-state index in [1.54, 1.807) is 7.11 Å². The molecule has 0 radical (unpaired) electrons. The van der Waals surface area contributed by atoms with Crippen molar-refractivity contribution in [1.29, 1.82) is 0 Å². The fraction of sp³-hybridized carbons (Fsp3) is 1.00. The van der Waals surface area contributed by atoms with Crippen LogP contribution in [0.25, 0.3) is 0 Å². The number of nitrogens with two attached hydrogens (primary N) is 1. The highest BCUT2D eigenvalue weighted by atomic mass is 16.5. The third-order valence-electron chi connectivity index (χ3n) is 2.72. The fourth-order valence-corrected chi connectivity index (χ4v) is 1.65. The summed E-state index contributed by atoms with van der Waals surface area (Å²) in [7, 11) is 1.74. The van der Waals surface area contributed by atoms with E-state index >= 15 is 0 Å². The third kappa shape index (κ3) is 7.17. The Hall–Kier alpha value is -0.160. The summed E-state index contributed by atoms with van der Waals surface area (Å²) in [5, 5.41) is 0. The Morgan fingerprint density at radius 3 is 2.38 bits per heavy atom. The number of hydrogen-bond acceptors (Lipinski definition) is 4. The van der Waals surface area contributed by atoms with Crippen molar-refractivity contribution in [2.24, 2.45) is 5.73 Å². The zero-order chi connectivity index (χ0) is 12.4. The van der Waals surface area contributed by atoms with Crippen LogP contribution in [-0.4, -0.2) is 57.0 Å². The highest BCUT2D eigenvalue weighted by Crippen LogP contribution is 2.04. The molecule has 0 aliphatic carbocycles. The summed E-state index contributed by atoms with van der Waals surface area (Å²) < 4.78 is 10.6. The number of hydrogen-bond donors (Lipinski definition) is 1. The zero-order valence-electron chi connectivity index (χ0n) is 11.2. The highest BCUT2D eigenvalue weighted by molar-refractivity contribution is 4.67. The lowest BCUT2D eigenvalue weighted by molar-refractivity contribution is 0.0470. The first kappa shape index (κ1) is 15.8. The molecule has 0 aromatic carbocycles. The quantitative estimate of drug-likeness (QED) is 0.613. The van der Waals surface area contributed by atoms with Gasteiger partial charge in [0.1, 0.15) is 0 Å². The van der Waals surface area contributed by atoms with Crippen molar-refractivity contribution in [1.82, 2.24) is 4.90 Å². The van der Waals surface area contributed by atoms with Crippen molar-refractivity contribution in [2.45, 2.75) is 39.3 Å². The molecule has 98 valence electrons. The maximum Gasteiger partial charge on any atom is 0.0709 e. The summed E-state index contributed by atoms with van der Waals surface area (Å²) in [6.45, 7) is 10.5. The molecule has 0 spiro atoms. The normalized spacial score (nSPS) is 13.7. The minimum Gasteiger partial charge on any atom is -0.383 e. The topological polar surface area (TPSA) is 47.7 Å². The van der Waals surface area contributed by atoms with Gasteiger partial charge in [-0.3, -0.25) is 4.90 Å². The summed E-state index contributed by atoms with van der Waals surface area (Å²) in [5.41, 5.74) is 5.65. The molecule has 16 heavy (non-hydrogen) atoms. The molecule has 0 bridgehead atoms. The predicted molar refractivity (Wildman–Crippen MR) is 67.7 cm³/mol. The maximum absolute atomic E-state index is 5.65. The summed E-state index contributed by atoms with van der Waals surface area (Å²) in [4.78, 5) is 2.39. The van der Waals surface area contributed by atoms with Gasteiger partial charge in [0.05, 0.1) is 12.7 Å². The monoisotopic (exact) mass is 232 g/mol.